The largest absolute Gasteiger partial charge is 0.237 e. The van der Waals surface area contributed by atoms with Crippen molar-refractivity contribution in [3.8, 4) is 6.07 Å². The van der Waals surface area contributed by atoms with Crippen molar-refractivity contribution in [2.75, 3.05) is 0 Å². The topological polar surface area (TPSA) is 36.7 Å². The van der Waals surface area contributed by atoms with Gasteiger partial charge in [0.05, 0.1) is 5.52 Å². The zero-order valence-corrected chi connectivity index (χ0v) is 7.58. The molecule has 68 valence electrons. The van der Waals surface area contributed by atoms with Gasteiger partial charge in [-0.25, -0.2) is 9.37 Å². The third-order valence-corrected chi connectivity index (χ3v) is 2.09. The normalized spacial score (nSPS) is 10.1. The predicted molar refractivity (Wildman–Crippen MR) is 51.2 cm³/mol. The van der Waals surface area contributed by atoms with Gasteiger partial charge in [-0.3, -0.25) is 0 Å². The average Bonchev–Trinajstić information content (AvgIpc) is 2.16. The molecule has 3 heteroatoms. The Morgan fingerprint density at radius 3 is 2.86 bits per heavy atom. The molecule has 0 aliphatic heterocycles. The van der Waals surface area contributed by atoms with Gasteiger partial charge in [-0.15, -0.1) is 0 Å². The second kappa shape index (κ2) is 3.08. The van der Waals surface area contributed by atoms with Crippen LogP contribution in [0.4, 0.5) is 4.39 Å². The summed E-state index contributed by atoms with van der Waals surface area (Å²) >= 11 is 0. The van der Waals surface area contributed by atoms with Crippen LogP contribution in [-0.4, -0.2) is 4.98 Å². The highest BCUT2D eigenvalue weighted by Gasteiger charge is 2.02. The van der Waals surface area contributed by atoms with Gasteiger partial charge in [-0.2, -0.15) is 5.26 Å². The van der Waals surface area contributed by atoms with E-state index < -0.39 is 0 Å². The lowest BCUT2D eigenvalue weighted by atomic mass is 10.1. The van der Waals surface area contributed by atoms with E-state index in [1.165, 1.54) is 12.1 Å². The first-order valence-electron chi connectivity index (χ1n) is 4.18. The first-order valence-corrected chi connectivity index (χ1v) is 4.18. The van der Waals surface area contributed by atoms with Gasteiger partial charge < -0.3 is 0 Å². The Morgan fingerprint density at radius 2 is 2.14 bits per heavy atom. The van der Waals surface area contributed by atoms with Crippen LogP contribution in [0.5, 0.6) is 0 Å². The summed E-state index contributed by atoms with van der Waals surface area (Å²) < 4.78 is 13.0. The number of halogens is 1. The number of pyridine rings is 1. The van der Waals surface area contributed by atoms with E-state index in [1.807, 2.05) is 13.0 Å². The third-order valence-electron chi connectivity index (χ3n) is 2.09. The van der Waals surface area contributed by atoms with Crippen LogP contribution in [0, 0.1) is 24.1 Å². The van der Waals surface area contributed by atoms with Crippen molar-refractivity contribution in [3.63, 3.8) is 0 Å². The van der Waals surface area contributed by atoms with Crippen LogP contribution in [0.25, 0.3) is 10.9 Å². The Hall–Kier alpha value is -1.95. The van der Waals surface area contributed by atoms with Crippen LogP contribution >= 0.6 is 0 Å². The van der Waals surface area contributed by atoms with Gasteiger partial charge in [0.25, 0.3) is 0 Å². The fraction of sp³-hybridized carbons (Fsp3) is 0.0909. The lowest BCUT2D eigenvalue weighted by Gasteiger charge is -2.01. The molecule has 0 saturated heterocycles. The molecule has 1 aromatic carbocycles. The third kappa shape index (κ3) is 1.31. The highest BCUT2D eigenvalue weighted by Crippen LogP contribution is 2.18. The molecule has 0 N–H and O–H groups in total. The van der Waals surface area contributed by atoms with E-state index in [9.17, 15) is 4.39 Å². The molecule has 14 heavy (non-hydrogen) atoms. The molecule has 2 nitrogen and oxygen atoms in total. The Balaban J connectivity index is 2.83. The molecule has 0 radical (unpaired) electrons. The molecule has 0 spiro atoms. The molecule has 0 atom stereocenters. The molecule has 0 unspecified atom stereocenters. The Bertz CT molecular complexity index is 541. The molecular formula is C11H7FN2. The first-order chi connectivity index (χ1) is 6.70. The summed E-state index contributed by atoms with van der Waals surface area (Å²) in [6.45, 7) is 1.82. The molecule has 0 bridgehead atoms. The second-order valence-corrected chi connectivity index (χ2v) is 3.10. The average molecular weight is 186 g/mol. The summed E-state index contributed by atoms with van der Waals surface area (Å²) in [4.78, 5) is 4.01. The summed E-state index contributed by atoms with van der Waals surface area (Å²) in [6.07, 6.45) is 0. The van der Waals surface area contributed by atoms with Crippen molar-refractivity contribution in [2.24, 2.45) is 0 Å². The van der Waals surface area contributed by atoms with E-state index in [2.05, 4.69) is 4.98 Å². The molecule has 0 aliphatic rings. The molecule has 0 saturated carbocycles. The van der Waals surface area contributed by atoms with Gasteiger partial charge in [-0.05, 0) is 30.7 Å². The van der Waals surface area contributed by atoms with Gasteiger partial charge in [0.1, 0.15) is 17.6 Å². The number of hydrogen-bond donors (Lipinski definition) is 0. The van der Waals surface area contributed by atoms with Crippen LogP contribution in [0.15, 0.2) is 24.3 Å². The van der Waals surface area contributed by atoms with E-state index in [-0.39, 0.29) is 5.82 Å². The minimum Gasteiger partial charge on any atom is -0.237 e. The van der Waals surface area contributed by atoms with Gasteiger partial charge in [-0.1, -0.05) is 0 Å². The summed E-state index contributed by atoms with van der Waals surface area (Å²) in [6, 6.07) is 8.13. The number of hydrogen-bond acceptors (Lipinski definition) is 2. The maximum Gasteiger partial charge on any atom is 0.141 e. The predicted octanol–water partition coefficient (Wildman–Crippen LogP) is 2.55. The Morgan fingerprint density at radius 1 is 1.36 bits per heavy atom. The molecule has 2 rings (SSSR count). The van der Waals surface area contributed by atoms with Crippen molar-refractivity contribution < 1.29 is 4.39 Å². The van der Waals surface area contributed by atoms with E-state index in [0.29, 0.717) is 11.2 Å². The molecule has 0 fully saturated rings. The lowest BCUT2D eigenvalue weighted by molar-refractivity contribution is 0.628. The monoisotopic (exact) mass is 186 g/mol. The van der Waals surface area contributed by atoms with E-state index in [4.69, 9.17) is 5.26 Å². The van der Waals surface area contributed by atoms with Crippen molar-refractivity contribution in [2.45, 2.75) is 6.92 Å². The smallest absolute Gasteiger partial charge is 0.141 e. The molecule has 1 heterocycles. The van der Waals surface area contributed by atoms with Crippen LogP contribution in [0.3, 0.4) is 0 Å². The SMILES string of the molecule is Cc1cc(F)cc2nc(C#N)ccc12. The summed E-state index contributed by atoms with van der Waals surface area (Å²) in [5.41, 5.74) is 1.67. The fourth-order valence-electron chi connectivity index (χ4n) is 1.44. The molecule has 0 amide bonds. The number of aryl methyl sites for hydroxylation is 1. The van der Waals surface area contributed by atoms with E-state index in [0.717, 1.165) is 10.9 Å². The van der Waals surface area contributed by atoms with Gasteiger partial charge >= 0.3 is 0 Å². The number of nitriles is 1. The highest BCUT2D eigenvalue weighted by atomic mass is 19.1. The van der Waals surface area contributed by atoms with Crippen LogP contribution in [0.1, 0.15) is 11.3 Å². The quantitative estimate of drug-likeness (QED) is 0.634. The minimum absolute atomic E-state index is 0.308. The number of rotatable bonds is 0. The van der Waals surface area contributed by atoms with Crippen molar-refractivity contribution in [1.82, 2.24) is 4.98 Å². The summed E-state index contributed by atoms with van der Waals surface area (Å²) in [5, 5.41) is 9.51. The Labute approximate surface area is 80.6 Å². The maximum atomic E-state index is 13.0. The summed E-state index contributed by atoms with van der Waals surface area (Å²) in [5.74, 6) is -0.322. The zero-order valence-electron chi connectivity index (χ0n) is 7.58. The maximum absolute atomic E-state index is 13.0. The van der Waals surface area contributed by atoms with Gasteiger partial charge in [0.2, 0.25) is 0 Å². The van der Waals surface area contributed by atoms with Crippen molar-refractivity contribution in [1.29, 1.82) is 5.26 Å². The van der Waals surface area contributed by atoms with E-state index in [1.54, 1.807) is 12.1 Å². The number of benzene rings is 1. The van der Waals surface area contributed by atoms with Gasteiger partial charge in [0.15, 0.2) is 0 Å². The lowest BCUT2D eigenvalue weighted by Crippen LogP contribution is -1.88. The Kier molecular flexibility index (Phi) is 1.90. The summed E-state index contributed by atoms with van der Waals surface area (Å²) in [7, 11) is 0. The molecule has 1 aromatic heterocycles. The van der Waals surface area contributed by atoms with Crippen LogP contribution < -0.4 is 0 Å². The number of fused-ring (bicyclic) bond motifs is 1. The standard InChI is InChI=1S/C11H7FN2/c1-7-4-8(12)5-11-10(7)3-2-9(6-13)14-11/h2-5H,1H3. The van der Waals surface area contributed by atoms with Crippen LogP contribution in [-0.2, 0) is 0 Å². The highest BCUT2D eigenvalue weighted by molar-refractivity contribution is 5.82. The zero-order chi connectivity index (χ0) is 10.1. The number of aromatic nitrogens is 1. The molecule has 0 aliphatic carbocycles. The fourth-order valence-corrected chi connectivity index (χ4v) is 1.44. The van der Waals surface area contributed by atoms with Crippen molar-refractivity contribution >= 4 is 10.9 Å². The first kappa shape index (κ1) is 8.64. The van der Waals surface area contributed by atoms with Crippen molar-refractivity contribution in [3.05, 3.63) is 41.3 Å². The second-order valence-electron chi connectivity index (χ2n) is 3.10. The molecule has 2 aromatic rings. The van der Waals surface area contributed by atoms with Crippen LogP contribution in [0.2, 0.25) is 0 Å². The molecular weight excluding hydrogens is 179 g/mol. The van der Waals surface area contributed by atoms with Gasteiger partial charge in [0, 0.05) is 11.5 Å². The minimum atomic E-state index is -0.322. The van der Waals surface area contributed by atoms with E-state index >= 15 is 0 Å². The number of nitrogens with zero attached hydrogens (tertiary/aromatic N) is 2.